The monoisotopic (exact) mass is 359 g/mol. The lowest BCUT2D eigenvalue weighted by Crippen LogP contribution is -2.01. The van der Waals surface area contributed by atoms with Crippen molar-refractivity contribution >= 4 is 15.9 Å². The molecular formula is C15H14BrN5O. The summed E-state index contributed by atoms with van der Waals surface area (Å²) in [5.74, 6) is 1.60. The molecule has 1 aliphatic rings. The summed E-state index contributed by atoms with van der Waals surface area (Å²) in [4.78, 5) is 4.23. The van der Waals surface area contributed by atoms with Gasteiger partial charge in [-0.2, -0.15) is 10.1 Å². The largest absolute Gasteiger partial charge is 0.338 e. The molecule has 1 saturated carbocycles. The van der Waals surface area contributed by atoms with Crippen LogP contribution in [-0.2, 0) is 6.54 Å². The normalized spacial score (nSPS) is 14.5. The summed E-state index contributed by atoms with van der Waals surface area (Å²) in [7, 11) is 0. The highest BCUT2D eigenvalue weighted by molar-refractivity contribution is 9.10. The second-order valence-electron chi connectivity index (χ2n) is 5.33. The first-order valence-electron chi connectivity index (χ1n) is 7.13. The summed E-state index contributed by atoms with van der Waals surface area (Å²) >= 11 is 3.59. The molecule has 2 heterocycles. The van der Waals surface area contributed by atoms with Crippen LogP contribution in [0, 0.1) is 0 Å². The molecule has 4 rings (SSSR count). The maximum Gasteiger partial charge on any atom is 0.240 e. The van der Waals surface area contributed by atoms with Gasteiger partial charge in [-0.15, -0.1) is 0 Å². The Balaban J connectivity index is 1.67. The molecule has 22 heavy (non-hydrogen) atoms. The summed E-state index contributed by atoms with van der Waals surface area (Å²) in [5.41, 5.74) is 8.65. The van der Waals surface area contributed by atoms with E-state index in [9.17, 15) is 0 Å². The first kappa shape index (κ1) is 13.7. The van der Waals surface area contributed by atoms with E-state index in [0.717, 1.165) is 15.7 Å². The van der Waals surface area contributed by atoms with Crippen LogP contribution in [0.25, 0.3) is 17.1 Å². The lowest BCUT2D eigenvalue weighted by Gasteiger charge is -2.07. The zero-order chi connectivity index (χ0) is 15.1. The van der Waals surface area contributed by atoms with E-state index in [-0.39, 0.29) is 6.54 Å². The molecule has 0 saturated heterocycles. The van der Waals surface area contributed by atoms with Gasteiger partial charge in [-0.25, -0.2) is 4.68 Å². The Morgan fingerprint density at radius 2 is 2.05 bits per heavy atom. The fourth-order valence-electron chi connectivity index (χ4n) is 2.48. The highest BCUT2D eigenvalue weighted by Crippen LogP contribution is 2.44. The van der Waals surface area contributed by atoms with Crippen LogP contribution in [0.2, 0.25) is 0 Å². The van der Waals surface area contributed by atoms with Gasteiger partial charge in [0.05, 0.1) is 28.6 Å². The Morgan fingerprint density at radius 3 is 2.68 bits per heavy atom. The van der Waals surface area contributed by atoms with Crippen molar-refractivity contribution in [1.82, 2.24) is 19.9 Å². The van der Waals surface area contributed by atoms with E-state index in [2.05, 4.69) is 31.2 Å². The van der Waals surface area contributed by atoms with Gasteiger partial charge in [0.15, 0.2) is 0 Å². The van der Waals surface area contributed by atoms with Crippen LogP contribution in [0.1, 0.15) is 30.3 Å². The van der Waals surface area contributed by atoms with Gasteiger partial charge in [-0.3, -0.25) is 0 Å². The van der Waals surface area contributed by atoms with E-state index >= 15 is 0 Å². The number of nitrogens with zero attached hydrogens (tertiary/aromatic N) is 4. The third-order valence-corrected chi connectivity index (χ3v) is 4.35. The topological polar surface area (TPSA) is 82.8 Å². The summed E-state index contributed by atoms with van der Waals surface area (Å²) in [6, 6.07) is 7.96. The zero-order valence-electron chi connectivity index (χ0n) is 11.7. The second kappa shape index (κ2) is 5.33. The molecule has 0 spiro atoms. The molecule has 1 aromatic carbocycles. The minimum absolute atomic E-state index is 0.247. The molecule has 0 unspecified atom stereocenters. The molecule has 0 aliphatic heterocycles. The third kappa shape index (κ3) is 2.36. The van der Waals surface area contributed by atoms with Crippen molar-refractivity contribution < 1.29 is 4.52 Å². The highest BCUT2D eigenvalue weighted by atomic mass is 79.9. The quantitative estimate of drug-likeness (QED) is 0.773. The third-order valence-electron chi connectivity index (χ3n) is 3.74. The van der Waals surface area contributed by atoms with Gasteiger partial charge in [-0.05, 0) is 53.0 Å². The standard InChI is InChI=1S/C15H14BrN5O/c16-12-8-18-21(14(12)9-1-2-9)11-5-3-10(4-6-11)15-19-13(7-17)22-20-15/h3-6,8-9H,1-2,7,17H2. The van der Waals surface area contributed by atoms with E-state index in [1.54, 1.807) is 0 Å². The summed E-state index contributed by atoms with van der Waals surface area (Å²) in [5, 5.41) is 8.39. The smallest absolute Gasteiger partial charge is 0.240 e. The zero-order valence-corrected chi connectivity index (χ0v) is 13.3. The van der Waals surface area contributed by atoms with Crippen LogP contribution in [0.3, 0.4) is 0 Å². The van der Waals surface area contributed by atoms with Crippen molar-refractivity contribution in [1.29, 1.82) is 0 Å². The van der Waals surface area contributed by atoms with Crippen LogP contribution in [-0.4, -0.2) is 19.9 Å². The van der Waals surface area contributed by atoms with E-state index in [1.165, 1.54) is 18.5 Å². The molecule has 0 atom stereocenters. The summed E-state index contributed by atoms with van der Waals surface area (Å²) in [6.07, 6.45) is 4.31. The maximum absolute atomic E-state index is 5.48. The Hall–Kier alpha value is -1.99. The van der Waals surface area contributed by atoms with E-state index in [1.807, 2.05) is 35.1 Å². The van der Waals surface area contributed by atoms with Crippen LogP contribution in [0.15, 0.2) is 39.5 Å². The molecular weight excluding hydrogens is 346 g/mol. The highest BCUT2D eigenvalue weighted by Gasteiger charge is 2.30. The van der Waals surface area contributed by atoms with Crippen molar-refractivity contribution in [3.05, 3.63) is 46.5 Å². The van der Waals surface area contributed by atoms with Crippen LogP contribution < -0.4 is 5.73 Å². The number of hydrogen-bond donors (Lipinski definition) is 1. The molecule has 2 N–H and O–H groups in total. The number of nitrogens with two attached hydrogens (primary N) is 1. The minimum atomic E-state index is 0.247. The van der Waals surface area contributed by atoms with Crippen molar-refractivity contribution in [2.24, 2.45) is 5.73 Å². The number of halogens is 1. The van der Waals surface area contributed by atoms with Gasteiger partial charge >= 0.3 is 0 Å². The van der Waals surface area contributed by atoms with Gasteiger partial charge in [-0.1, -0.05) is 5.16 Å². The SMILES string of the molecule is NCc1nc(-c2ccc(-n3ncc(Br)c3C3CC3)cc2)no1. The Bertz CT molecular complexity index is 804. The first-order valence-corrected chi connectivity index (χ1v) is 7.92. The van der Waals surface area contributed by atoms with Crippen molar-refractivity contribution in [2.75, 3.05) is 0 Å². The molecule has 6 nitrogen and oxygen atoms in total. The van der Waals surface area contributed by atoms with Gasteiger partial charge in [0.25, 0.3) is 0 Å². The molecule has 1 aliphatic carbocycles. The predicted octanol–water partition coefficient (Wildman–Crippen LogP) is 3.02. The fraction of sp³-hybridized carbons (Fsp3) is 0.267. The van der Waals surface area contributed by atoms with Gasteiger partial charge in [0, 0.05) is 11.5 Å². The van der Waals surface area contributed by atoms with E-state index < -0.39 is 0 Å². The molecule has 7 heteroatoms. The first-order chi connectivity index (χ1) is 10.8. The average Bonchev–Trinajstić information content (AvgIpc) is 3.13. The molecule has 112 valence electrons. The van der Waals surface area contributed by atoms with Gasteiger partial charge in [0.2, 0.25) is 11.7 Å². The van der Waals surface area contributed by atoms with Gasteiger partial charge < -0.3 is 10.3 Å². The lowest BCUT2D eigenvalue weighted by molar-refractivity contribution is 0.380. The van der Waals surface area contributed by atoms with Crippen molar-refractivity contribution in [3.63, 3.8) is 0 Å². The molecule has 0 radical (unpaired) electrons. The minimum Gasteiger partial charge on any atom is -0.338 e. The van der Waals surface area contributed by atoms with Crippen LogP contribution >= 0.6 is 15.9 Å². The predicted molar refractivity (Wildman–Crippen MR) is 84.4 cm³/mol. The lowest BCUT2D eigenvalue weighted by atomic mass is 10.2. The number of rotatable bonds is 4. The number of benzene rings is 1. The summed E-state index contributed by atoms with van der Waals surface area (Å²) < 4.78 is 8.10. The van der Waals surface area contributed by atoms with Crippen LogP contribution in [0.4, 0.5) is 0 Å². The Kier molecular flexibility index (Phi) is 3.31. The maximum atomic E-state index is 5.48. The van der Waals surface area contributed by atoms with Crippen molar-refractivity contribution in [2.45, 2.75) is 25.3 Å². The Labute approximate surface area is 135 Å². The molecule has 2 aromatic heterocycles. The summed E-state index contributed by atoms with van der Waals surface area (Å²) in [6.45, 7) is 0.247. The average molecular weight is 360 g/mol. The second-order valence-corrected chi connectivity index (χ2v) is 6.18. The molecule has 0 bridgehead atoms. The number of hydrogen-bond acceptors (Lipinski definition) is 5. The van der Waals surface area contributed by atoms with E-state index in [0.29, 0.717) is 17.6 Å². The molecule has 3 aromatic rings. The Morgan fingerprint density at radius 1 is 1.27 bits per heavy atom. The van der Waals surface area contributed by atoms with Gasteiger partial charge in [0.1, 0.15) is 0 Å². The van der Waals surface area contributed by atoms with Crippen molar-refractivity contribution in [3.8, 4) is 17.1 Å². The molecule has 0 amide bonds. The number of aromatic nitrogens is 4. The van der Waals surface area contributed by atoms with Crippen LogP contribution in [0.5, 0.6) is 0 Å². The molecule has 1 fully saturated rings. The van der Waals surface area contributed by atoms with E-state index in [4.69, 9.17) is 10.3 Å². The fourth-order valence-corrected chi connectivity index (χ4v) is 3.06.